The number of hydrogen-bond donors (Lipinski definition) is 1. The van der Waals surface area contributed by atoms with Gasteiger partial charge in [0.15, 0.2) is 0 Å². The SMILES string of the molecule is CC(C)=CCOc1cc(C)c(N)cc1C. The highest BCUT2D eigenvalue weighted by Gasteiger charge is 2.02. The van der Waals surface area contributed by atoms with Crippen molar-refractivity contribution in [3.05, 3.63) is 34.9 Å². The predicted octanol–water partition coefficient (Wildman–Crippen LogP) is 3.23. The standard InChI is InChI=1S/C13H19NO/c1-9(2)5-6-15-13-8-10(3)12(14)7-11(13)4/h5,7-8H,6,14H2,1-4H3. The van der Waals surface area contributed by atoms with Gasteiger partial charge in [-0.1, -0.05) is 5.57 Å². The minimum absolute atomic E-state index is 0.618. The third kappa shape index (κ3) is 3.31. The molecule has 0 aliphatic heterocycles. The molecule has 0 saturated carbocycles. The van der Waals surface area contributed by atoms with Gasteiger partial charge < -0.3 is 10.5 Å². The number of ether oxygens (including phenoxy) is 1. The van der Waals surface area contributed by atoms with Crippen LogP contribution in [-0.2, 0) is 0 Å². The predicted molar refractivity (Wildman–Crippen MR) is 65.3 cm³/mol. The van der Waals surface area contributed by atoms with Crippen LogP contribution in [0.25, 0.3) is 0 Å². The summed E-state index contributed by atoms with van der Waals surface area (Å²) in [4.78, 5) is 0. The summed E-state index contributed by atoms with van der Waals surface area (Å²) in [5, 5.41) is 0. The number of nitrogen functional groups attached to an aromatic ring is 1. The quantitative estimate of drug-likeness (QED) is 0.607. The lowest BCUT2D eigenvalue weighted by molar-refractivity contribution is 0.359. The first-order valence-corrected chi connectivity index (χ1v) is 5.13. The van der Waals surface area contributed by atoms with Crippen LogP contribution in [0.4, 0.5) is 5.69 Å². The van der Waals surface area contributed by atoms with Gasteiger partial charge >= 0.3 is 0 Å². The van der Waals surface area contributed by atoms with Crippen molar-refractivity contribution in [1.82, 2.24) is 0 Å². The molecule has 0 heterocycles. The molecule has 0 amide bonds. The topological polar surface area (TPSA) is 35.2 Å². The Hall–Kier alpha value is -1.44. The first-order valence-electron chi connectivity index (χ1n) is 5.13. The Bertz CT molecular complexity index is 376. The van der Waals surface area contributed by atoms with Crippen LogP contribution in [0, 0.1) is 13.8 Å². The van der Waals surface area contributed by atoms with Crippen LogP contribution in [0.2, 0.25) is 0 Å². The normalized spacial score (nSPS) is 9.87. The van der Waals surface area contributed by atoms with Gasteiger partial charge in [0.2, 0.25) is 0 Å². The molecule has 0 bridgehead atoms. The van der Waals surface area contributed by atoms with Gasteiger partial charge in [-0.05, 0) is 57.0 Å². The average molecular weight is 205 g/mol. The highest BCUT2D eigenvalue weighted by Crippen LogP contribution is 2.24. The fourth-order valence-electron chi connectivity index (χ4n) is 1.27. The molecule has 0 aromatic heterocycles. The zero-order chi connectivity index (χ0) is 11.4. The number of anilines is 1. The summed E-state index contributed by atoms with van der Waals surface area (Å²) >= 11 is 0. The third-order valence-corrected chi connectivity index (χ3v) is 2.29. The van der Waals surface area contributed by atoms with Crippen molar-refractivity contribution >= 4 is 5.69 Å². The molecule has 0 fully saturated rings. The first-order chi connectivity index (χ1) is 7.00. The molecule has 82 valence electrons. The lowest BCUT2D eigenvalue weighted by atomic mass is 10.1. The lowest BCUT2D eigenvalue weighted by Crippen LogP contribution is -1.98. The maximum Gasteiger partial charge on any atom is 0.123 e. The summed E-state index contributed by atoms with van der Waals surface area (Å²) in [6.07, 6.45) is 2.06. The van der Waals surface area contributed by atoms with Gasteiger partial charge in [0.25, 0.3) is 0 Å². The fourth-order valence-corrected chi connectivity index (χ4v) is 1.27. The number of nitrogens with two attached hydrogens (primary N) is 1. The molecule has 2 heteroatoms. The molecule has 1 aromatic carbocycles. The van der Waals surface area contributed by atoms with Gasteiger partial charge in [-0.15, -0.1) is 0 Å². The van der Waals surface area contributed by atoms with Crippen LogP contribution < -0.4 is 10.5 Å². The molecule has 0 atom stereocenters. The minimum atomic E-state index is 0.618. The van der Waals surface area contributed by atoms with Crippen molar-refractivity contribution in [3.63, 3.8) is 0 Å². The van der Waals surface area contributed by atoms with Crippen molar-refractivity contribution in [3.8, 4) is 5.75 Å². The minimum Gasteiger partial charge on any atom is -0.489 e. The Morgan fingerprint density at radius 3 is 2.53 bits per heavy atom. The number of rotatable bonds is 3. The molecule has 15 heavy (non-hydrogen) atoms. The molecular formula is C13H19NO. The van der Waals surface area contributed by atoms with Crippen LogP contribution in [0.3, 0.4) is 0 Å². The van der Waals surface area contributed by atoms with Gasteiger partial charge in [-0.3, -0.25) is 0 Å². The van der Waals surface area contributed by atoms with E-state index in [-0.39, 0.29) is 0 Å². The molecule has 0 aliphatic rings. The fraction of sp³-hybridized carbons (Fsp3) is 0.385. The number of hydrogen-bond acceptors (Lipinski definition) is 2. The van der Waals surface area contributed by atoms with Crippen molar-refractivity contribution in [2.45, 2.75) is 27.7 Å². The maximum absolute atomic E-state index is 5.80. The van der Waals surface area contributed by atoms with Crippen LogP contribution >= 0.6 is 0 Å². The van der Waals surface area contributed by atoms with E-state index in [9.17, 15) is 0 Å². The summed E-state index contributed by atoms with van der Waals surface area (Å²) in [6, 6.07) is 3.94. The Balaban J connectivity index is 2.77. The van der Waals surface area contributed by atoms with E-state index in [2.05, 4.69) is 19.9 Å². The maximum atomic E-state index is 5.80. The van der Waals surface area contributed by atoms with Gasteiger partial charge in [-0.2, -0.15) is 0 Å². The number of benzene rings is 1. The van der Waals surface area contributed by atoms with Gasteiger partial charge in [-0.25, -0.2) is 0 Å². The Morgan fingerprint density at radius 1 is 1.27 bits per heavy atom. The Kier molecular flexibility index (Phi) is 3.78. The molecule has 1 rings (SSSR count). The summed E-state index contributed by atoms with van der Waals surface area (Å²) in [6.45, 7) is 8.73. The largest absolute Gasteiger partial charge is 0.489 e. The van der Waals surface area contributed by atoms with Crippen LogP contribution in [0.15, 0.2) is 23.8 Å². The van der Waals surface area contributed by atoms with E-state index in [0.29, 0.717) is 6.61 Å². The second kappa shape index (κ2) is 4.87. The van der Waals surface area contributed by atoms with Gasteiger partial charge in [0, 0.05) is 5.69 Å². The third-order valence-electron chi connectivity index (χ3n) is 2.29. The van der Waals surface area contributed by atoms with E-state index in [1.54, 1.807) is 0 Å². The van der Waals surface area contributed by atoms with Gasteiger partial charge in [0.1, 0.15) is 12.4 Å². The second-order valence-corrected chi connectivity index (χ2v) is 4.07. The first kappa shape index (κ1) is 11.6. The monoisotopic (exact) mass is 205 g/mol. The summed E-state index contributed by atoms with van der Waals surface area (Å²) in [5.41, 5.74) is 10.0. The summed E-state index contributed by atoms with van der Waals surface area (Å²) in [7, 11) is 0. The second-order valence-electron chi connectivity index (χ2n) is 4.07. The Labute approximate surface area is 91.7 Å². The van der Waals surface area contributed by atoms with Gasteiger partial charge in [0.05, 0.1) is 0 Å². The summed E-state index contributed by atoms with van der Waals surface area (Å²) in [5.74, 6) is 0.916. The van der Waals surface area contributed by atoms with Crippen LogP contribution in [0.5, 0.6) is 5.75 Å². The smallest absolute Gasteiger partial charge is 0.123 e. The van der Waals surface area contributed by atoms with Crippen molar-refractivity contribution < 1.29 is 4.74 Å². The molecule has 1 aromatic rings. The van der Waals surface area contributed by atoms with E-state index >= 15 is 0 Å². The van der Waals surface area contributed by atoms with E-state index in [4.69, 9.17) is 10.5 Å². The lowest BCUT2D eigenvalue weighted by Gasteiger charge is -2.10. The molecule has 0 aliphatic carbocycles. The molecular weight excluding hydrogens is 186 g/mol. The van der Waals surface area contributed by atoms with Crippen molar-refractivity contribution in [2.75, 3.05) is 12.3 Å². The van der Waals surface area contributed by atoms with E-state index in [1.807, 2.05) is 26.0 Å². The zero-order valence-electron chi connectivity index (χ0n) is 9.92. The van der Waals surface area contributed by atoms with E-state index in [1.165, 1.54) is 5.57 Å². The molecule has 0 unspecified atom stereocenters. The highest BCUT2D eigenvalue weighted by atomic mass is 16.5. The molecule has 0 spiro atoms. The summed E-state index contributed by atoms with van der Waals surface area (Å²) < 4.78 is 5.65. The molecule has 2 N–H and O–H groups in total. The van der Waals surface area contributed by atoms with Crippen molar-refractivity contribution in [2.24, 2.45) is 0 Å². The zero-order valence-corrected chi connectivity index (χ0v) is 9.92. The number of aryl methyl sites for hydroxylation is 2. The average Bonchev–Trinajstić information content (AvgIpc) is 2.13. The van der Waals surface area contributed by atoms with Crippen LogP contribution in [-0.4, -0.2) is 6.61 Å². The van der Waals surface area contributed by atoms with E-state index < -0.39 is 0 Å². The molecule has 2 nitrogen and oxygen atoms in total. The van der Waals surface area contributed by atoms with E-state index in [0.717, 1.165) is 22.6 Å². The number of allylic oxidation sites excluding steroid dienone is 1. The van der Waals surface area contributed by atoms with Crippen LogP contribution in [0.1, 0.15) is 25.0 Å². The highest BCUT2D eigenvalue weighted by molar-refractivity contribution is 5.53. The molecule has 0 radical (unpaired) electrons. The van der Waals surface area contributed by atoms with Crippen molar-refractivity contribution in [1.29, 1.82) is 0 Å². The Morgan fingerprint density at radius 2 is 1.93 bits per heavy atom. The molecule has 0 saturated heterocycles.